The number of hydrogen-bond acceptors (Lipinski definition) is 3. The second-order valence-corrected chi connectivity index (χ2v) is 8.44. The summed E-state index contributed by atoms with van der Waals surface area (Å²) in [6.07, 6.45) is 1.20. The fraction of sp³-hybridized carbons (Fsp3) is 0.200. The minimum atomic E-state index is -3.18. The van der Waals surface area contributed by atoms with E-state index >= 15 is 0 Å². The van der Waals surface area contributed by atoms with Crippen molar-refractivity contribution in [3.8, 4) is 5.75 Å². The molecule has 2 aromatic carbocycles. The van der Waals surface area contributed by atoms with Gasteiger partial charge in [0.1, 0.15) is 5.75 Å². The first-order valence-corrected chi connectivity index (χ1v) is 9.70. The van der Waals surface area contributed by atoms with E-state index in [1.807, 2.05) is 18.2 Å². The third-order valence-corrected chi connectivity index (χ3v) is 5.71. The molecule has 3 nitrogen and oxygen atoms in total. The summed E-state index contributed by atoms with van der Waals surface area (Å²) in [5, 5.41) is 0. The molecular formula is C15H14Br2O3S. The largest absolute Gasteiger partial charge is 0.496 e. The van der Waals surface area contributed by atoms with E-state index in [1.165, 1.54) is 6.26 Å². The minimum Gasteiger partial charge on any atom is -0.496 e. The van der Waals surface area contributed by atoms with Crippen LogP contribution in [0.4, 0.5) is 0 Å². The van der Waals surface area contributed by atoms with Crippen molar-refractivity contribution in [3.63, 3.8) is 0 Å². The van der Waals surface area contributed by atoms with E-state index in [1.54, 1.807) is 31.4 Å². The lowest BCUT2D eigenvalue weighted by Crippen LogP contribution is -2.00. The van der Waals surface area contributed by atoms with Crippen molar-refractivity contribution in [2.24, 2.45) is 0 Å². The van der Waals surface area contributed by atoms with Crippen LogP contribution in [0.2, 0.25) is 0 Å². The maximum absolute atomic E-state index is 11.5. The SMILES string of the molecule is COc1ccc(Br)cc1C(Br)c1ccc(S(C)(=O)=O)cc1. The van der Waals surface area contributed by atoms with Crippen molar-refractivity contribution in [2.75, 3.05) is 13.4 Å². The lowest BCUT2D eigenvalue weighted by Gasteiger charge is -2.15. The van der Waals surface area contributed by atoms with E-state index in [2.05, 4.69) is 31.9 Å². The molecule has 21 heavy (non-hydrogen) atoms. The maximum atomic E-state index is 11.5. The van der Waals surface area contributed by atoms with Gasteiger partial charge in [-0.05, 0) is 35.9 Å². The minimum absolute atomic E-state index is 0.0847. The molecule has 0 amide bonds. The van der Waals surface area contributed by atoms with Crippen molar-refractivity contribution >= 4 is 41.7 Å². The van der Waals surface area contributed by atoms with E-state index in [0.717, 1.165) is 21.3 Å². The summed E-state index contributed by atoms with van der Waals surface area (Å²) in [4.78, 5) is 0.228. The number of halogens is 2. The summed E-state index contributed by atoms with van der Waals surface area (Å²) in [6.45, 7) is 0. The first-order chi connectivity index (χ1) is 9.82. The fourth-order valence-electron chi connectivity index (χ4n) is 1.97. The Morgan fingerprint density at radius 3 is 2.24 bits per heavy atom. The summed E-state index contributed by atoms with van der Waals surface area (Å²) in [5.74, 6) is 0.771. The number of benzene rings is 2. The first kappa shape index (κ1) is 16.5. The predicted molar refractivity (Wildman–Crippen MR) is 91.0 cm³/mol. The highest BCUT2D eigenvalue weighted by Gasteiger charge is 2.16. The molecule has 1 atom stereocenters. The van der Waals surface area contributed by atoms with E-state index < -0.39 is 9.84 Å². The molecule has 0 aliphatic carbocycles. The van der Waals surface area contributed by atoms with Crippen LogP contribution in [0.1, 0.15) is 16.0 Å². The van der Waals surface area contributed by atoms with Crippen LogP contribution < -0.4 is 4.74 Å². The molecule has 0 aromatic heterocycles. The van der Waals surface area contributed by atoms with Crippen molar-refractivity contribution in [3.05, 3.63) is 58.1 Å². The highest BCUT2D eigenvalue weighted by molar-refractivity contribution is 9.10. The van der Waals surface area contributed by atoms with Gasteiger partial charge in [0.05, 0.1) is 16.8 Å². The van der Waals surface area contributed by atoms with Gasteiger partial charge in [0.2, 0.25) is 0 Å². The molecule has 0 fully saturated rings. The van der Waals surface area contributed by atoms with Gasteiger partial charge in [-0.15, -0.1) is 0 Å². The Hall–Kier alpha value is -0.850. The van der Waals surface area contributed by atoms with Crippen molar-refractivity contribution in [1.82, 2.24) is 0 Å². The van der Waals surface area contributed by atoms with Crippen LogP contribution in [0.15, 0.2) is 51.8 Å². The molecule has 0 radical (unpaired) electrons. The lowest BCUT2D eigenvalue weighted by molar-refractivity contribution is 0.410. The number of rotatable bonds is 4. The monoisotopic (exact) mass is 432 g/mol. The van der Waals surface area contributed by atoms with Gasteiger partial charge in [0.15, 0.2) is 9.84 Å². The van der Waals surface area contributed by atoms with Crippen LogP contribution in [-0.4, -0.2) is 21.8 Å². The molecule has 0 spiro atoms. The Morgan fingerprint density at radius 1 is 1.10 bits per heavy atom. The Kier molecular flexibility index (Phi) is 5.11. The van der Waals surface area contributed by atoms with Gasteiger partial charge in [0, 0.05) is 16.3 Å². The van der Waals surface area contributed by atoms with Gasteiger partial charge in [-0.1, -0.05) is 44.0 Å². The molecule has 1 unspecified atom stereocenters. The van der Waals surface area contributed by atoms with Gasteiger partial charge in [0.25, 0.3) is 0 Å². The first-order valence-electron chi connectivity index (χ1n) is 6.10. The maximum Gasteiger partial charge on any atom is 0.175 e. The topological polar surface area (TPSA) is 43.4 Å². The molecule has 0 heterocycles. The number of sulfone groups is 1. The van der Waals surface area contributed by atoms with Crippen molar-refractivity contribution in [1.29, 1.82) is 0 Å². The zero-order chi connectivity index (χ0) is 15.6. The van der Waals surface area contributed by atoms with Crippen LogP contribution in [-0.2, 0) is 9.84 Å². The van der Waals surface area contributed by atoms with Gasteiger partial charge in [-0.3, -0.25) is 0 Å². The second-order valence-electron chi connectivity index (χ2n) is 4.59. The normalized spacial score (nSPS) is 13.0. The standard InChI is InChI=1S/C15H14Br2O3S/c1-20-14-8-5-11(16)9-13(14)15(17)10-3-6-12(7-4-10)21(2,18)19/h3-9,15H,1-2H3. The Bertz CT molecular complexity index is 740. The van der Waals surface area contributed by atoms with Gasteiger partial charge in [-0.2, -0.15) is 0 Å². The van der Waals surface area contributed by atoms with E-state index in [-0.39, 0.29) is 4.83 Å². The average Bonchev–Trinajstić information content (AvgIpc) is 2.45. The molecule has 0 bridgehead atoms. The number of hydrogen-bond donors (Lipinski definition) is 0. The van der Waals surface area contributed by atoms with Crippen molar-refractivity contribution in [2.45, 2.75) is 9.72 Å². The average molecular weight is 434 g/mol. The zero-order valence-corrected chi connectivity index (χ0v) is 15.5. The summed E-state index contributed by atoms with van der Waals surface area (Å²) in [6, 6.07) is 12.6. The van der Waals surface area contributed by atoms with Crippen LogP contribution >= 0.6 is 31.9 Å². The van der Waals surface area contributed by atoms with Gasteiger partial charge in [-0.25, -0.2) is 8.42 Å². The Balaban J connectivity index is 2.40. The lowest BCUT2D eigenvalue weighted by atomic mass is 10.0. The summed E-state index contributed by atoms with van der Waals surface area (Å²) in [5.41, 5.74) is 1.93. The quantitative estimate of drug-likeness (QED) is 0.673. The summed E-state index contributed by atoms with van der Waals surface area (Å²) in [7, 11) is -1.55. The van der Waals surface area contributed by atoms with E-state index in [9.17, 15) is 8.42 Å². The Morgan fingerprint density at radius 2 is 1.71 bits per heavy atom. The zero-order valence-electron chi connectivity index (χ0n) is 11.5. The second kappa shape index (κ2) is 6.50. The highest BCUT2D eigenvalue weighted by Crippen LogP contribution is 2.38. The van der Waals surface area contributed by atoms with Crippen LogP contribution in [0, 0.1) is 0 Å². The molecule has 6 heteroatoms. The molecule has 2 rings (SSSR count). The Labute approximate surface area is 141 Å². The summed E-state index contributed by atoms with van der Waals surface area (Å²) >= 11 is 7.09. The van der Waals surface area contributed by atoms with Gasteiger partial charge < -0.3 is 4.74 Å². The molecule has 2 aromatic rings. The molecule has 112 valence electrons. The van der Waals surface area contributed by atoms with E-state index in [0.29, 0.717) is 4.90 Å². The van der Waals surface area contributed by atoms with Crippen LogP contribution in [0.5, 0.6) is 5.75 Å². The molecular weight excluding hydrogens is 420 g/mol. The van der Waals surface area contributed by atoms with E-state index in [4.69, 9.17) is 4.74 Å². The highest BCUT2D eigenvalue weighted by atomic mass is 79.9. The van der Waals surface area contributed by atoms with Gasteiger partial charge >= 0.3 is 0 Å². The summed E-state index contributed by atoms with van der Waals surface area (Å²) < 4.78 is 29.3. The third-order valence-electron chi connectivity index (χ3n) is 3.07. The smallest absolute Gasteiger partial charge is 0.175 e. The molecule has 0 saturated heterocycles. The number of ether oxygens (including phenoxy) is 1. The molecule has 0 saturated carbocycles. The number of methoxy groups -OCH3 is 1. The fourth-order valence-corrected chi connectivity index (χ4v) is 3.64. The molecule has 0 N–H and O–H groups in total. The number of alkyl halides is 1. The van der Waals surface area contributed by atoms with Crippen molar-refractivity contribution < 1.29 is 13.2 Å². The molecule has 0 aliphatic heterocycles. The van der Waals surface area contributed by atoms with Crippen LogP contribution in [0.25, 0.3) is 0 Å². The predicted octanol–water partition coefficient (Wildman–Crippen LogP) is 4.35. The van der Waals surface area contributed by atoms with Crippen LogP contribution in [0.3, 0.4) is 0 Å². The third kappa shape index (κ3) is 3.87. The molecule has 0 aliphatic rings.